The molecular weight excluding hydrogens is 344 g/mol. The van der Waals surface area contributed by atoms with E-state index in [0.29, 0.717) is 6.54 Å². The Kier molecular flexibility index (Phi) is 4.99. The first-order chi connectivity index (χ1) is 11.3. The van der Waals surface area contributed by atoms with Crippen molar-refractivity contribution in [2.75, 3.05) is 11.9 Å². The Morgan fingerprint density at radius 2 is 2.29 bits per heavy atom. The van der Waals surface area contributed by atoms with Crippen LogP contribution in [-0.4, -0.2) is 22.2 Å². The minimum absolute atomic E-state index is 0.0153. The van der Waals surface area contributed by atoms with Crippen LogP contribution in [0.4, 0.5) is 5.82 Å². The molecule has 0 bridgehead atoms. The van der Waals surface area contributed by atoms with E-state index < -0.39 is 5.41 Å². The molecule has 2 N–H and O–H groups in total. The van der Waals surface area contributed by atoms with Crippen LogP contribution in [-0.2, 0) is 6.54 Å². The van der Waals surface area contributed by atoms with Gasteiger partial charge in [0.2, 0.25) is 0 Å². The predicted octanol–water partition coefficient (Wildman–Crippen LogP) is 4.32. The normalized spacial score (nSPS) is 18.1. The van der Waals surface area contributed by atoms with E-state index in [1.807, 2.05) is 39.0 Å². The van der Waals surface area contributed by atoms with Gasteiger partial charge in [0.15, 0.2) is 0 Å². The van der Waals surface area contributed by atoms with Gasteiger partial charge < -0.3 is 10.6 Å². The highest BCUT2D eigenvalue weighted by Gasteiger charge is 2.28. The number of aromatic nitrogens is 2. The summed E-state index contributed by atoms with van der Waals surface area (Å²) < 4.78 is 2.28. The maximum Gasteiger partial charge on any atom is 0.254 e. The zero-order valence-corrected chi connectivity index (χ0v) is 15.8. The molecule has 3 heterocycles. The molecule has 5 nitrogen and oxygen atoms in total. The molecule has 1 saturated heterocycles. The van der Waals surface area contributed by atoms with Crippen LogP contribution in [0.1, 0.15) is 55.0 Å². The Morgan fingerprint density at radius 3 is 2.88 bits per heavy atom. The lowest BCUT2D eigenvalue weighted by Crippen LogP contribution is -2.29. The topological polar surface area (TPSA) is 59.0 Å². The lowest BCUT2D eigenvalue weighted by Gasteiger charge is -2.18. The van der Waals surface area contributed by atoms with Gasteiger partial charge in [-0.1, -0.05) is 32.4 Å². The summed E-state index contributed by atoms with van der Waals surface area (Å²) in [6.45, 7) is 7.35. The largest absolute Gasteiger partial charge is 0.365 e. The smallest absolute Gasteiger partial charge is 0.254 e. The zero-order chi connectivity index (χ0) is 17.3. The van der Waals surface area contributed by atoms with Crippen LogP contribution in [0.15, 0.2) is 18.2 Å². The maximum atomic E-state index is 12.8. The molecular formula is C17H23ClN4OS. The summed E-state index contributed by atoms with van der Waals surface area (Å²) in [5, 5.41) is 11.4. The third-order valence-electron chi connectivity index (χ3n) is 4.05. The van der Waals surface area contributed by atoms with Crippen molar-refractivity contribution in [3.63, 3.8) is 0 Å². The van der Waals surface area contributed by atoms with E-state index >= 15 is 0 Å². The lowest BCUT2D eigenvalue weighted by atomic mass is 9.96. The summed E-state index contributed by atoms with van der Waals surface area (Å²) in [5.41, 5.74) is 0.437. The molecule has 1 fully saturated rings. The maximum absolute atomic E-state index is 12.8. The number of halogens is 1. The minimum Gasteiger partial charge on any atom is -0.365 e. The molecule has 1 aliphatic rings. The SMILES string of the molecule is CC(C)(C)C(=O)n1nc(C2CCCN2)cc1NCc1ccc(Cl)s1. The summed E-state index contributed by atoms with van der Waals surface area (Å²) in [4.78, 5) is 13.9. The van der Waals surface area contributed by atoms with E-state index in [1.54, 1.807) is 0 Å². The van der Waals surface area contributed by atoms with E-state index in [4.69, 9.17) is 11.6 Å². The monoisotopic (exact) mass is 366 g/mol. The fourth-order valence-electron chi connectivity index (χ4n) is 2.73. The number of thiophene rings is 1. The van der Waals surface area contributed by atoms with Crippen molar-refractivity contribution < 1.29 is 4.79 Å². The van der Waals surface area contributed by atoms with Gasteiger partial charge in [-0.15, -0.1) is 11.3 Å². The lowest BCUT2D eigenvalue weighted by molar-refractivity contribution is 0.0751. The molecule has 0 radical (unpaired) electrons. The number of hydrogen-bond acceptors (Lipinski definition) is 5. The van der Waals surface area contributed by atoms with Gasteiger partial charge in [-0.05, 0) is 31.5 Å². The number of anilines is 1. The minimum atomic E-state index is -0.491. The van der Waals surface area contributed by atoms with Crippen molar-refractivity contribution in [3.8, 4) is 0 Å². The van der Waals surface area contributed by atoms with Gasteiger partial charge in [0.1, 0.15) is 5.82 Å². The number of nitrogens with one attached hydrogen (secondary N) is 2. The quantitative estimate of drug-likeness (QED) is 0.845. The summed E-state index contributed by atoms with van der Waals surface area (Å²) in [5.74, 6) is 0.724. The first-order valence-electron chi connectivity index (χ1n) is 8.21. The highest BCUT2D eigenvalue weighted by molar-refractivity contribution is 7.16. The van der Waals surface area contributed by atoms with Crippen molar-refractivity contribution in [2.45, 2.75) is 46.2 Å². The fraction of sp³-hybridized carbons (Fsp3) is 0.529. The van der Waals surface area contributed by atoms with E-state index in [2.05, 4.69) is 15.7 Å². The second kappa shape index (κ2) is 6.86. The molecule has 24 heavy (non-hydrogen) atoms. The van der Waals surface area contributed by atoms with Crippen LogP contribution in [0, 0.1) is 5.41 Å². The molecule has 7 heteroatoms. The van der Waals surface area contributed by atoms with Crippen molar-refractivity contribution in [3.05, 3.63) is 33.1 Å². The van der Waals surface area contributed by atoms with Crippen LogP contribution in [0.25, 0.3) is 0 Å². The van der Waals surface area contributed by atoms with Crippen LogP contribution in [0.2, 0.25) is 4.34 Å². The molecule has 1 atom stereocenters. The fourth-order valence-corrected chi connectivity index (χ4v) is 3.76. The van der Waals surface area contributed by atoms with Crippen molar-refractivity contribution >= 4 is 34.7 Å². The van der Waals surface area contributed by atoms with E-state index in [9.17, 15) is 4.79 Å². The van der Waals surface area contributed by atoms with Gasteiger partial charge in [0.05, 0.1) is 22.6 Å². The van der Waals surface area contributed by atoms with Crippen LogP contribution in [0.3, 0.4) is 0 Å². The van der Waals surface area contributed by atoms with Gasteiger partial charge in [0.25, 0.3) is 5.91 Å². The molecule has 1 unspecified atom stereocenters. The Balaban J connectivity index is 1.85. The number of carbonyl (C=O) groups excluding carboxylic acids is 1. The Bertz CT molecular complexity index is 725. The molecule has 130 valence electrons. The van der Waals surface area contributed by atoms with Crippen molar-refractivity contribution in [2.24, 2.45) is 5.41 Å². The third-order valence-corrected chi connectivity index (χ3v) is 5.28. The molecule has 0 aromatic carbocycles. The van der Waals surface area contributed by atoms with Crippen molar-refractivity contribution in [1.29, 1.82) is 0 Å². The average molecular weight is 367 g/mol. The predicted molar refractivity (Wildman–Crippen MR) is 98.9 cm³/mol. The number of rotatable bonds is 4. The van der Waals surface area contributed by atoms with Crippen LogP contribution in [0.5, 0.6) is 0 Å². The van der Waals surface area contributed by atoms with Crippen LogP contribution >= 0.6 is 22.9 Å². The highest BCUT2D eigenvalue weighted by atomic mass is 35.5. The first kappa shape index (κ1) is 17.5. The van der Waals surface area contributed by atoms with Gasteiger partial charge in [-0.3, -0.25) is 4.79 Å². The summed E-state index contributed by atoms with van der Waals surface area (Å²) >= 11 is 7.52. The molecule has 0 saturated carbocycles. The molecule has 0 spiro atoms. The van der Waals surface area contributed by atoms with Gasteiger partial charge in [0, 0.05) is 16.4 Å². The number of carbonyl (C=O) groups is 1. The van der Waals surface area contributed by atoms with Gasteiger partial charge in [-0.2, -0.15) is 9.78 Å². The van der Waals surface area contributed by atoms with E-state index in [0.717, 1.165) is 40.1 Å². The molecule has 2 aromatic heterocycles. The number of hydrogen-bond donors (Lipinski definition) is 2. The summed E-state index contributed by atoms with van der Waals surface area (Å²) in [6.07, 6.45) is 2.20. The second-order valence-corrected chi connectivity index (χ2v) is 8.93. The van der Waals surface area contributed by atoms with Gasteiger partial charge in [-0.25, -0.2) is 0 Å². The van der Waals surface area contributed by atoms with E-state index in [1.165, 1.54) is 16.0 Å². The Labute approximate surface area is 151 Å². The summed E-state index contributed by atoms with van der Waals surface area (Å²) in [6, 6.07) is 6.10. The van der Waals surface area contributed by atoms with E-state index in [-0.39, 0.29) is 11.9 Å². The Hall–Kier alpha value is -1.37. The Morgan fingerprint density at radius 1 is 1.50 bits per heavy atom. The van der Waals surface area contributed by atoms with Crippen molar-refractivity contribution in [1.82, 2.24) is 15.1 Å². The molecule has 1 aliphatic heterocycles. The standard InChI is InChI=1S/C17H23ClN4OS/c1-17(2,3)16(23)22-15(20-10-11-6-7-14(18)24-11)9-13(21-22)12-5-4-8-19-12/h6-7,9,12,19-20H,4-5,8,10H2,1-3H3. The van der Waals surface area contributed by atoms with Crippen LogP contribution < -0.4 is 10.6 Å². The van der Waals surface area contributed by atoms with Gasteiger partial charge >= 0.3 is 0 Å². The first-order valence-corrected chi connectivity index (χ1v) is 9.40. The number of nitrogens with zero attached hydrogens (tertiary/aromatic N) is 2. The molecule has 0 aliphatic carbocycles. The third kappa shape index (κ3) is 3.82. The molecule has 2 aromatic rings. The second-order valence-electron chi connectivity index (χ2n) is 7.13. The zero-order valence-electron chi connectivity index (χ0n) is 14.2. The molecule has 0 amide bonds. The molecule has 3 rings (SSSR count). The highest BCUT2D eigenvalue weighted by Crippen LogP contribution is 2.28. The summed E-state index contributed by atoms with van der Waals surface area (Å²) in [7, 11) is 0. The average Bonchev–Trinajstić information content (AvgIpc) is 3.23.